The van der Waals surface area contributed by atoms with Crippen LogP contribution in [0, 0.1) is 19.8 Å². The van der Waals surface area contributed by atoms with Gasteiger partial charge in [-0.05, 0) is 44.7 Å². The zero-order valence-electron chi connectivity index (χ0n) is 14.0. The fourth-order valence-electron chi connectivity index (χ4n) is 3.01. The van der Waals surface area contributed by atoms with Crippen LogP contribution in [0.4, 0.5) is 0 Å². The number of hydrogen-bond donors (Lipinski definition) is 3. The van der Waals surface area contributed by atoms with E-state index >= 15 is 0 Å². The number of guanidine groups is 1. The fourth-order valence-corrected chi connectivity index (χ4v) is 3.01. The summed E-state index contributed by atoms with van der Waals surface area (Å²) in [5, 5.41) is 16.6. The van der Waals surface area contributed by atoms with Crippen molar-refractivity contribution in [2.45, 2.75) is 52.7 Å². The summed E-state index contributed by atoms with van der Waals surface area (Å²) < 4.78 is 0. The molecule has 0 amide bonds. The molecule has 1 aliphatic carbocycles. The number of aliphatic imine (C=N–C) groups is 1. The number of aliphatic hydroxyl groups excluding tert-OH is 1. The van der Waals surface area contributed by atoms with E-state index in [0.717, 1.165) is 38.3 Å². The minimum Gasteiger partial charge on any atom is -0.393 e. The lowest BCUT2D eigenvalue weighted by Gasteiger charge is -2.18. The van der Waals surface area contributed by atoms with E-state index in [1.165, 1.54) is 16.7 Å². The molecule has 2 unspecified atom stereocenters. The van der Waals surface area contributed by atoms with Crippen LogP contribution in [0.2, 0.25) is 0 Å². The van der Waals surface area contributed by atoms with Gasteiger partial charge in [-0.3, -0.25) is 0 Å². The highest BCUT2D eigenvalue weighted by atomic mass is 16.3. The normalized spacial score (nSPS) is 21.9. The number of aryl methyl sites for hydroxylation is 2. The Bertz CT molecular complexity index is 513. The highest BCUT2D eigenvalue weighted by Crippen LogP contribution is 2.24. The molecule has 0 bridgehead atoms. The smallest absolute Gasteiger partial charge is 0.191 e. The van der Waals surface area contributed by atoms with Crippen molar-refractivity contribution in [1.29, 1.82) is 0 Å². The summed E-state index contributed by atoms with van der Waals surface area (Å²) >= 11 is 0. The van der Waals surface area contributed by atoms with Crippen molar-refractivity contribution in [3.05, 3.63) is 34.9 Å². The zero-order valence-corrected chi connectivity index (χ0v) is 14.0. The van der Waals surface area contributed by atoms with Gasteiger partial charge < -0.3 is 15.7 Å². The lowest BCUT2D eigenvalue weighted by molar-refractivity contribution is 0.134. The van der Waals surface area contributed by atoms with E-state index in [2.05, 4.69) is 54.6 Å². The molecule has 3 N–H and O–H groups in total. The van der Waals surface area contributed by atoms with Gasteiger partial charge in [0.1, 0.15) is 0 Å². The number of rotatable bonds is 5. The zero-order chi connectivity index (χ0) is 15.9. The van der Waals surface area contributed by atoms with E-state index in [0.29, 0.717) is 12.5 Å². The Morgan fingerprint density at radius 2 is 2.09 bits per heavy atom. The second-order valence-electron chi connectivity index (χ2n) is 6.26. The van der Waals surface area contributed by atoms with Gasteiger partial charge in [0.25, 0.3) is 0 Å². The van der Waals surface area contributed by atoms with Crippen LogP contribution < -0.4 is 10.6 Å². The monoisotopic (exact) mass is 303 g/mol. The minimum absolute atomic E-state index is 0.158. The SMILES string of the molecule is CCNC(=NCc1ccc(C)cc1C)NCC1CCCC1O. The van der Waals surface area contributed by atoms with E-state index in [1.807, 2.05) is 0 Å². The van der Waals surface area contributed by atoms with Crippen LogP contribution in [0.1, 0.15) is 42.9 Å². The van der Waals surface area contributed by atoms with E-state index in [1.54, 1.807) is 0 Å². The maximum absolute atomic E-state index is 9.90. The van der Waals surface area contributed by atoms with Crippen molar-refractivity contribution in [3.63, 3.8) is 0 Å². The van der Waals surface area contributed by atoms with Gasteiger partial charge in [-0.1, -0.05) is 30.2 Å². The van der Waals surface area contributed by atoms with Crippen LogP contribution in [0.15, 0.2) is 23.2 Å². The average Bonchev–Trinajstić information content (AvgIpc) is 2.89. The molecule has 1 fully saturated rings. The summed E-state index contributed by atoms with van der Waals surface area (Å²) in [5.74, 6) is 1.19. The summed E-state index contributed by atoms with van der Waals surface area (Å²) in [7, 11) is 0. The first-order valence-electron chi connectivity index (χ1n) is 8.36. The molecule has 0 aromatic heterocycles. The van der Waals surface area contributed by atoms with Crippen LogP contribution in [0.25, 0.3) is 0 Å². The van der Waals surface area contributed by atoms with Crippen molar-refractivity contribution in [2.24, 2.45) is 10.9 Å². The third kappa shape index (κ3) is 4.73. The largest absolute Gasteiger partial charge is 0.393 e. The topological polar surface area (TPSA) is 56.7 Å². The van der Waals surface area contributed by atoms with Crippen LogP contribution in [-0.2, 0) is 6.54 Å². The summed E-state index contributed by atoms with van der Waals surface area (Å²) in [4.78, 5) is 4.67. The van der Waals surface area contributed by atoms with Crippen molar-refractivity contribution >= 4 is 5.96 Å². The molecule has 1 saturated carbocycles. The van der Waals surface area contributed by atoms with Gasteiger partial charge >= 0.3 is 0 Å². The molecule has 2 atom stereocenters. The maximum atomic E-state index is 9.90. The van der Waals surface area contributed by atoms with Crippen molar-refractivity contribution in [1.82, 2.24) is 10.6 Å². The van der Waals surface area contributed by atoms with Gasteiger partial charge in [0, 0.05) is 19.0 Å². The molecule has 0 heterocycles. The standard InChI is InChI=1S/C18H29N3O/c1-4-19-18(21-12-16-6-5-7-17(16)22)20-11-15-9-8-13(2)10-14(15)3/h8-10,16-17,22H,4-7,11-12H2,1-3H3,(H2,19,20,21). The van der Waals surface area contributed by atoms with E-state index in [4.69, 9.17) is 0 Å². The number of nitrogens with one attached hydrogen (secondary N) is 2. The predicted octanol–water partition coefficient (Wildman–Crippen LogP) is 2.52. The Morgan fingerprint density at radius 3 is 2.73 bits per heavy atom. The third-order valence-electron chi connectivity index (χ3n) is 4.40. The number of benzene rings is 1. The third-order valence-corrected chi connectivity index (χ3v) is 4.40. The predicted molar refractivity (Wildman–Crippen MR) is 92.1 cm³/mol. The Kier molecular flexibility index (Phi) is 6.25. The van der Waals surface area contributed by atoms with Gasteiger partial charge in [-0.25, -0.2) is 4.99 Å². The average molecular weight is 303 g/mol. The summed E-state index contributed by atoms with van der Waals surface area (Å²) in [6.45, 7) is 8.62. The first-order valence-corrected chi connectivity index (χ1v) is 8.36. The summed E-state index contributed by atoms with van der Waals surface area (Å²) in [5.41, 5.74) is 3.82. The van der Waals surface area contributed by atoms with Gasteiger partial charge in [-0.15, -0.1) is 0 Å². The lowest BCUT2D eigenvalue weighted by Crippen LogP contribution is -2.41. The lowest BCUT2D eigenvalue weighted by atomic mass is 10.1. The summed E-state index contributed by atoms with van der Waals surface area (Å²) in [6, 6.07) is 6.48. The molecule has 122 valence electrons. The number of hydrogen-bond acceptors (Lipinski definition) is 2. The van der Waals surface area contributed by atoms with Gasteiger partial charge in [0.15, 0.2) is 5.96 Å². The molecule has 4 nitrogen and oxygen atoms in total. The molecule has 4 heteroatoms. The highest BCUT2D eigenvalue weighted by Gasteiger charge is 2.24. The van der Waals surface area contributed by atoms with Crippen molar-refractivity contribution in [2.75, 3.05) is 13.1 Å². The Morgan fingerprint density at radius 1 is 1.27 bits per heavy atom. The Labute approximate surface area is 134 Å². The van der Waals surface area contributed by atoms with E-state index in [9.17, 15) is 5.11 Å². The number of aliphatic hydroxyl groups is 1. The Hall–Kier alpha value is -1.55. The molecular weight excluding hydrogens is 274 g/mol. The van der Waals surface area contributed by atoms with Crippen LogP contribution in [0.3, 0.4) is 0 Å². The van der Waals surface area contributed by atoms with Gasteiger partial charge in [0.2, 0.25) is 0 Å². The first kappa shape index (κ1) is 16.8. The van der Waals surface area contributed by atoms with E-state index in [-0.39, 0.29) is 6.10 Å². The van der Waals surface area contributed by atoms with Gasteiger partial charge in [0.05, 0.1) is 12.6 Å². The highest BCUT2D eigenvalue weighted by molar-refractivity contribution is 5.79. The molecule has 0 saturated heterocycles. The molecule has 0 spiro atoms. The number of nitrogens with zero attached hydrogens (tertiary/aromatic N) is 1. The van der Waals surface area contributed by atoms with Crippen LogP contribution >= 0.6 is 0 Å². The first-order chi connectivity index (χ1) is 10.6. The maximum Gasteiger partial charge on any atom is 0.191 e. The van der Waals surface area contributed by atoms with Crippen LogP contribution in [0.5, 0.6) is 0 Å². The quantitative estimate of drug-likeness (QED) is 0.579. The van der Waals surface area contributed by atoms with Gasteiger partial charge in [-0.2, -0.15) is 0 Å². The second kappa shape index (κ2) is 8.18. The molecule has 0 aliphatic heterocycles. The van der Waals surface area contributed by atoms with Crippen LogP contribution in [-0.4, -0.2) is 30.3 Å². The molecule has 1 aromatic rings. The van der Waals surface area contributed by atoms with E-state index < -0.39 is 0 Å². The molecule has 22 heavy (non-hydrogen) atoms. The Balaban J connectivity index is 1.94. The molecule has 0 radical (unpaired) electrons. The van der Waals surface area contributed by atoms with Crippen molar-refractivity contribution < 1.29 is 5.11 Å². The minimum atomic E-state index is -0.158. The summed E-state index contributed by atoms with van der Waals surface area (Å²) in [6.07, 6.45) is 3.01. The fraction of sp³-hybridized carbons (Fsp3) is 0.611. The molecule has 2 rings (SSSR count). The molecular formula is C18H29N3O. The second-order valence-corrected chi connectivity index (χ2v) is 6.26. The molecule has 1 aliphatic rings. The van der Waals surface area contributed by atoms with Crippen molar-refractivity contribution in [3.8, 4) is 0 Å². The molecule has 1 aromatic carbocycles.